The Morgan fingerprint density at radius 2 is 1.16 bits per heavy atom. The average Bonchev–Trinajstić information content (AvgIpc) is 3.03. The topological polar surface area (TPSA) is 3.24 Å². The molecule has 1 aliphatic rings. The Morgan fingerprint density at radius 3 is 1.58 bits per heavy atom. The Hall–Kier alpha value is -0.950. The maximum Gasteiger partial charge on any atom is 0.0709 e. The van der Waals surface area contributed by atoms with Crippen molar-refractivity contribution in [3.63, 3.8) is 0 Å². The summed E-state index contributed by atoms with van der Waals surface area (Å²) in [5, 5.41) is 2.64. The smallest absolute Gasteiger partial charge is 0.0709 e. The summed E-state index contributed by atoms with van der Waals surface area (Å²) in [7, 11) is 0. The van der Waals surface area contributed by atoms with Gasteiger partial charge in [-0.25, -0.2) is 0 Å². The van der Waals surface area contributed by atoms with Gasteiger partial charge in [-0.2, -0.15) is 0 Å². The van der Waals surface area contributed by atoms with Gasteiger partial charge in [0.1, 0.15) is 0 Å². The second-order valence-electron chi connectivity index (χ2n) is 4.91. The lowest BCUT2D eigenvalue weighted by Gasteiger charge is -2.32. The van der Waals surface area contributed by atoms with E-state index in [-0.39, 0.29) is 0 Å². The van der Waals surface area contributed by atoms with E-state index in [4.69, 9.17) is 11.8 Å². The van der Waals surface area contributed by atoms with Crippen LogP contribution in [0.5, 0.6) is 0 Å². The molecular formula is C16H18NPS. The molecule has 98 valence electrons. The number of hydrogen-bond donors (Lipinski definition) is 0. The van der Waals surface area contributed by atoms with E-state index in [0.29, 0.717) is 0 Å². The van der Waals surface area contributed by atoms with Crippen LogP contribution in [0.4, 0.5) is 0 Å². The minimum absolute atomic E-state index is 1.14. The van der Waals surface area contributed by atoms with Crippen molar-refractivity contribution in [2.45, 2.75) is 12.8 Å². The van der Waals surface area contributed by atoms with Gasteiger partial charge in [0.2, 0.25) is 0 Å². The molecule has 1 heterocycles. The van der Waals surface area contributed by atoms with Crippen LogP contribution >= 0.6 is 6.19 Å². The highest BCUT2D eigenvalue weighted by Gasteiger charge is 2.31. The second kappa shape index (κ2) is 5.58. The van der Waals surface area contributed by atoms with Gasteiger partial charge in [0.15, 0.2) is 0 Å². The van der Waals surface area contributed by atoms with Gasteiger partial charge in [-0.1, -0.05) is 72.5 Å². The molecule has 2 aromatic rings. The molecule has 0 saturated carbocycles. The highest BCUT2D eigenvalue weighted by Crippen LogP contribution is 2.49. The van der Waals surface area contributed by atoms with Crippen LogP contribution in [0.3, 0.4) is 0 Å². The molecule has 0 aliphatic carbocycles. The molecule has 0 amide bonds. The maximum atomic E-state index is 6.23. The molecule has 1 aliphatic heterocycles. The molecule has 3 rings (SSSR count). The van der Waals surface area contributed by atoms with Crippen molar-refractivity contribution in [3.8, 4) is 0 Å². The molecule has 0 atom stereocenters. The van der Waals surface area contributed by atoms with E-state index in [1.807, 2.05) is 0 Å². The van der Waals surface area contributed by atoms with E-state index < -0.39 is 6.19 Å². The summed E-state index contributed by atoms with van der Waals surface area (Å²) in [6.07, 6.45) is 0.747. The number of rotatable bonds is 3. The van der Waals surface area contributed by atoms with Crippen LogP contribution in [0.25, 0.3) is 0 Å². The standard InChI is InChI=1S/C16H18NPS/c19-18(17-13-7-8-14-17,15-9-3-1-4-10-15)16-11-5-2-6-12-16/h1-6,9-12H,7-8,13-14H2. The van der Waals surface area contributed by atoms with E-state index in [9.17, 15) is 0 Å². The zero-order valence-electron chi connectivity index (χ0n) is 10.9. The quantitative estimate of drug-likeness (QED) is 0.798. The predicted octanol–water partition coefficient (Wildman–Crippen LogP) is 3.13. The minimum atomic E-state index is -1.81. The summed E-state index contributed by atoms with van der Waals surface area (Å²) in [6.45, 7) is 2.28. The van der Waals surface area contributed by atoms with Crippen molar-refractivity contribution in [3.05, 3.63) is 60.7 Å². The van der Waals surface area contributed by atoms with Crippen LogP contribution in [0.15, 0.2) is 60.7 Å². The molecule has 0 bridgehead atoms. The molecular weight excluding hydrogens is 269 g/mol. The normalized spacial score (nSPS) is 16.6. The lowest BCUT2D eigenvalue weighted by atomic mass is 10.4. The Labute approximate surface area is 120 Å². The van der Waals surface area contributed by atoms with Gasteiger partial charge in [0, 0.05) is 23.7 Å². The summed E-state index contributed by atoms with van der Waals surface area (Å²) < 4.78 is 2.55. The fourth-order valence-electron chi connectivity index (χ4n) is 2.72. The van der Waals surface area contributed by atoms with Gasteiger partial charge in [0.25, 0.3) is 0 Å². The molecule has 0 radical (unpaired) electrons. The van der Waals surface area contributed by atoms with Crippen LogP contribution in [-0.2, 0) is 11.8 Å². The first-order valence-corrected chi connectivity index (χ1v) is 9.54. The number of benzene rings is 2. The summed E-state index contributed by atoms with van der Waals surface area (Å²) in [6, 6.07) is 21.4. The lowest BCUT2D eigenvalue weighted by Crippen LogP contribution is -2.30. The van der Waals surface area contributed by atoms with E-state index in [1.54, 1.807) is 0 Å². The van der Waals surface area contributed by atoms with E-state index in [0.717, 1.165) is 13.1 Å². The van der Waals surface area contributed by atoms with E-state index in [1.165, 1.54) is 23.5 Å². The summed E-state index contributed by atoms with van der Waals surface area (Å²) in [5.41, 5.74) is 0. The van der Waals surface area contributed by atoms with E-state index in [2.05, 4.69) is 65.3 Å². The Kier molecular flexibility index (Phi) is 3.83. The highest BCUT2D eigenvalue weighted by molar-refractivity contribution is 8.20. The van der Waals surface area contributed by atoms with Gasteiger partial charge in [-0.15, -0.1) is 0 Å². The third-order valence-corrected chi connectivity index (χ3v) is 8.84. The molecule has 0 unspecified atom stereocenters. The predicted molar refractivity (Wildman–Crippen MR) is 87.2 cm³/mol. The second-order valence-corrected chi connectivity index (χ2v) is 9.24. The number of hydrogen-bond acceptors (Lipinski definition) is 1. The fraction of sp³-hybridized carbons (Fsp3) is 0.250. The Morgan fingerprint density at radius 1 is 0.737 bits per heavy atom. The van der Waals surface area contributed by atoms with Crippen LogP contribution in [-0.4, -0.2) is 17.8 Å². The van der Waals surface area contributed by atoms with Crippen molar-refractivity contribution in [2.24, 2.45) is 0 Å². The third kappa shape index (κ3) is 2.41. The van der Waals surface area contributed by atoms with Crippen LogP contribution < -0.4 is 10.6 Å². The fourth-order valence-corrected chi connectivity index (χ4v) is 6.89. The Balaban J connectivity index is 2.13. The van der Waals surface area contributed by atoms with Gasteiger partial charge in [-0.3, -0.25) is 4.67 Å². The zero-order chi connectivity index (χ0) is 13.1. The van der Waals surface area contributed by atoms with Crippen LogP contribution in [0.2, 0.25) is 0 Å². The highest BCUT2D eigenvalue weighted by atomic mass is 32.4. The SMILES string of the molecule is S=P(c1ccccc1)(c1ccccc1)N1CCCC1. The molecule has 0 aromatic heterocycles. The minimum Gasteiger partial charge on any atom is -0.268 e. The summed E-state index contributed by atoms with van der Waals surface area (Å²) in [5.74, 6) is 0. The van der Waals surface area contributed by atoms with Gasteiger partial charge in [0.05, 0.1) is 6.19 Å². The van der Waals surface area contributed by atoms with Gasteiger partial charge in [-0.05, 0) is 12.8 Å². The molecule has 0 N–H and O–H groups in total. The lowest BCUT2D eigenvalue weighted by molar-refractivity contribution is 0.573. The van der Waals surface area contributed by atoms with E-state index >= 15 is 0 Å². The van der Waals surface area contributed by atoms with Crippen molar-refractivity contribution >= 4 is 28.6 Å². The molecule has 2 aromatic carbocycles. The summed E-state index contributed by atoms with van der Waals surface area (Å²) >= 11 is 6.23. The van der Waals surface area contributed by atoms with Crippen LogP contribution in [0, 0.1) is 0 Å². The monoisotopic (exact) mass is 287 g/mol. The average molecular weight is 287 g/mol. The number of nitrogens with zero attached hydrogens (tertiary/aromatic N) is 1. The molecule has 1 nitrogen and oxygen atoms in total. The molecule has 1 fully saturated rings. The molecule has 19 heavy (non-hydrogen) atoms. The first-order valence-electron chi connectivity index (χ1n) is 6.78. The maximum absolute atomic E-state index is 6.23. The van der Waals surface area contributed by atoms with Crippen molar-refractivity contribution in [1.29, 1.82) is 0 Å². The van der Waals surface area contributed by atoms with Gasteiger partial charge < -0.3 is 0 Å². The summed E-state index contributed by atoms with van der Waals surface area (Å²) in [4.78, 5) is 0. The van der Waals surface area contributed by atoms with Crippen molar-refractivity contribution < 1.29 is 0 Å². The zero-order valence-corrected chi connectivity index (χ0v) is 12.6. The van der Waals surface area contributed by atoms with Crippen LogP contribution in [0.1, 0.15) is 12.8 Å². The molecule has 0 spiro atoms. The molecule has 3 heteroatoms. The van der Waals surface area contributed by atoms with Crippen molar-refractivity contribution in [1.82, 2.24) is 4.67 Å². The Bertz CT molecular complexity index is 533. The third-order valence-electron chi connectivity index (χ3n) is 3.69. The van der Waals surface area contributed by atoms with Crippen molar-refractivity contribution in [2.75, 3.05) is 13.1 Å². The first kappa shape index (κ1) is 13.1. The first-order chi connectivity index (χ1) is 9.32. The largest absolute Gasteiger partial charge is 0.268 e. The molecule has 1 saturated heterocycles. The van der Waals surface area contributed by atoms with Gasteiger partial charge >= 0.3 is 0 Å².